The lowest BCUT2D eigenvalue weighted by Gasteiger charge is -2.34. The number of aliphatic imine (C=N–C) groups is 1. The summed E-state index contributed by atoms with van der Waals surface area (Å²) < 4.78 is 5.52. The number of guanidine groups is 1. The lowest BCUT2D eigenvalue weighted by molar-refractivity contribution is 0.0143. The second-order valence-electron chi connectivity index (χ2n) is 7.66. The average molecular weight is 371 g/mol. The van der Waals surface area contributed by atoms with Crippen LogP contribution in [0, 0.1) is 5.92 Å². The van der Waals surface area contributed by atoms with Crippen LogP contribution in [0.25, 0.3) is 0 Å². The van der Waals surface area contributed by atoms with E-state index in [1.54, 1.807) is 0 Å². The Balaban J connectivity index is 1.93. The molecule has 0 bridgehead atoms. The Morgan fingerprint density at radius 2 is 2.04 bits per heavy atom. The van der Waals surface area contributed by atoms with Gasteiger partial charge in [-0.1, -0.05) is 13.8 Å². The minimum absolute atomic E-state index is 0.516. The Labute approximate surface area is 158 Å². The number of morpholine rings is 1. The van der Waals surface area contributed by atoms with Gasteiger partial charge >= 0.3 is 0 Å². The molecule has 1 saturated carbocycles. The summed E-state index contributed by atoms with van der Waals surface area (Å²) in [6, 6.07) is 1.09. The van der Waals surface area contributed by atoms with Crippen LogP contribution in [-0.4, -0.2) is 73.8 Å². The van der Waals surface area contributed by atoms with Gasteiger partial charge in [-0.25, -0.2) is 0 Å². The highest BCUT2D eigenvalue weighted by Crippen LogP contribution is 2.28. The van der Waals surface area contributed by atoms with E-state index in [0.717, 1.165) is 50.6 Å². The number of nitrogens with one attached hydrogen (secondary N) is 2. The van der Waals surface area contributed by atoms with Crippen molar-refractivity contribution in [3.8, 4) is 0 Å². The van der Waals surface area contributed by atoms with Crippen LogP contribution < -0.4 is 10.6 Å². The van der Waals surface area contributed by atoms with Gasteiger partial charge in [0.25, 0.3) is 0 Å². The summed E-state index contributed by atoms with van der Waals surface area (Å²) in [5.74, 6) is 1.69. The molecule has 0 spiro atoms. The Morgan fingerprint density at radius 1 is 1.28 bits per heavy atom. The molecule has 2 rings (SSSR count). The van der Waals surface area contributed by atoms with E-state index in [4.69, 9.17) is 9.73 Å². The molecule has 0 aromatic heterocycles. The van der Waals surface area contributed by atoms with Gasteiger partial charge in [-0.05, 0) is 44.8 Å². The van der Waals surface area contributed by atoms with Gasteiger partial charge in [0, 0.05) is 37.0 Å². The van der Waals surface area contributed by atoms with Crippen molar-refractivity contribution < 1.29 is 4.74 Å². The van der Waals surface area contributed by atoms with Gasteiger partial charge in [0.2, 0.25) is 0 Å². The Kier molecular flexibility index (Phi) is 9.42. The smallest absolute Gasteiger partial charge is 0.191 e. The van der Waals surface area contributed by atoms with Gasteiger partial charge in [0.1, 0.15) is 0 Å². The van der Waals surface area contributed by atoms with E-state index < -0.39 is 0 Å². The fourth-order valence-electron chi connectivity index (χ4n) is 3.82. The normalized spacial score (nSPS) is 26.8. The van der Waals surface area contributed by atoms with Crippen molar-refractivity contribution in [1.29, 1.82) is 0 Å². The summed E-state index contributed by atoms with van der Waals surface area (Å²) in [4.78, 5) is 7.53. The lowest BCUT2D eigenvalue weighted by atomic mass is 10.0. The number of hydrogen-bond acceptors (Lipinski definition) is 4. The fourth-order valence-corrected chi connectivity index (χ4v) is 4.62. The number of nitrogens with zero attached hydrogens (tertiary/aromatic N) is 2. The zero-order chi connectivity index (χ0) is 18.1. The maximum Gasteiger partial charge on any atom is 0.191 e. The van der Waals surface area contributed by atoms with Crippen LogP contribution in [0.2, 0.25) is 0 Å². The first-order valence-electron chi connectivity index (χ1n) is 10.0. The molecule has 0 aromatic carbocycles. The zero-order valence-electron chi connectivity index (χ0n) is 16.6. The fraction of sp³-hybridized carbons (Fsp3) is 0.947. The quantitative estimate of drug-likeness (QED) is 0.508. The Morgan fingerprint density at radius 3 is 2.64 bits per heavy atom. The lowest BCUT2D eigenvalue weighted by Crippen LogP contribution is -2.47. The predicted molar refractivity (Wildman–Crippen MR) is 110 cm³/mol. The molecule has 2 fully saturated rings. The van der Waals surface area contributed by atoms with E-state index in [1.165, 1.54) is 25.7 Å². The van der Waals surface area contributed by atoms with Gasteiger partial charge in [-0.3, -0.25) is 9.89 Å². The molecule has 0 aromatic rings. The highest BCUT2D eigenvalue weighted by atomic mass is 32.2. The van der Waals surface area contributed by atoms with Gasteiger partial charge in [-0.15, -0.1) is 0 Å². The second kappa shape index (κ2) is 11.3. The molecular formula is C19H38N4OS. The molecule has 2 N–H and O–H groups in total. The molecule has 25 heavy (non-hydrogen) atoms. The summed E-state index contributed by atoms with van der Waals surface area (Å²) in [5.41, 5.74) is 0. The molecule has 1 heterocycles. The van der Waals surface area contributed by atoms with Crippen LogP contribution in [0.4, 0.5) is 0 Å². The third-order valence-corrected chi connectivity index (χ3v) is 6.26. The minimum Gasteiger partial charge on any atom is -0.379 e. The molecule has 5 nitrogen and oxygen atoms in total. The largest absolute Gasteiger partial charge is 0.379 e. The first-order chi connectivity index (χ1) is 12.1. The topological polar surface area (TPSA) is 48.9 Å². The second-order valence-corrected chi connectivity index (χ2v) is 8.80. The van der Waals surface area contributed by atoms with Crippen molar-refractivity contribution >= 4 is 17.7 Å². The molecule has 1 aliphatic heterocycles. The van der Waals surface area contributed by atoms with E-state index >= 15 is 0 Å². The van der Waals surface area contributed by atoms with Gasteiger partial charge in [0.15, 0.2) is 5.96 Å². The van der Waals surface area contributed by atoms with Crippen molar-refractivity contribution in [2.75, 3.05) is 45.6 Å². The maximum absolute atomic E-state index is 5.52. The van der Waals surface area contributed by atoms with Gasteiger partial charge in [0.05, 0.1) is 19.8 Å². The monoisotopic (exact) mass is 370 g/mol. The standard InChI is InChI=1S/C19H38N4OS/c1-5-20-19(22-16-6-7-18(13-16)25-4)21-14-17(12-15(2)3)23-8-10-24-11-9-23/h15-18H,5-14H2,1-4H3,(H2,20,21,22). The first kappa shape index (κ1) is 20.8. The molecule has 1 saturated heterocycles. The molecule has 3 unspecified atom stereocenters. The summed E-state index contributed by atoms with van der Waals surface area (Å²) in [5, 5.41) is 7.93. The minimum atomic E-state index is 0.516. The van der Waals surface area contributed by atoms with Crippen LogP contribution >= 0.6 is 11.8 Å². The number of rotatable bonds is 8. The van der Waals surface area contributed by atoms with Crippen molar-refractivity contribution in [1.82, 2.24) is 15.5 Å². The number of thioether (sulfide) groups is 1. The summed E-state index contributed by atoms with van der Waals surface area (Å²) in [7, 11) is 0. The van der Waals surface area contributed by atoms with Crippen molar-refractivity contribution in [3.63, 3.8) is 0 Å². The van der Waals surface area contributed by atoms with E-state index in [0.29, 0.717) is 18.0 Å². The van der Waals surface area contributed by atoms with Gasteiger partial charge < -0.3 is 15.4 Å². The molecule has 1 aliphatic carbocycles. The van der Waals surface area contributed by atoms with E-state index in [2.05, 4.69) is 42.6 Å². The molecule has 3 atom stereocenters. The van der Waals surface area contributed by atoms with E-state index in [9.17, 15) is 0 Å². The molecule has 6 heteroatoms. The van der Waals surface area contributed by atoms with Gasteiger partial charge in [-0.2, -0.15) is 11.8 Å². The Hall–Kier alpha value is -0.460. The predicted octanol–water partition coefficient (Wildman–Crippen LogP) is 2.57. The maximum atomic E-state index is 5.52. The Bertz CT molecular complexity index is 399. The summed E-state index contributed by atoms with van der Waals surface area (Å²) in [6.07, 6.45) is 7.26. The molecule has 2 aliphatic rings. The number of hydrogen-bond donors (Lipinski definition) is 2. The van der Waals surface area contributed by atoms with Crippen LogP contribution in [-0.2, 0) is 4.74 Å². The zero-order valence-corrected chi connectivity index (χ0v) is 17.4. The van der Waals surface area contributed by atoms with Crippen LogP contribution in [0.3, 0.4) is 0 Å². The third kappa shape index (κ3) is 7.35. The molecular weight excluding hydrogens is 332 g/mol. The van der Waals surface area contributed by atoms with Crippen LogP contribution in [0.1, 0.15) is 46.5 Å². The molecule has 146 valence electrons. The third-order valence-electron chi connectivity index (χ3n) is 5.17. The summed E-state index contributed by atoms with van der Waals surface area (Å²) in [6.45, 7) is 12.3. The van der Waals surface area contributed by atoms with E-state index in [-0.39, 0.29) is 0 Å². The number of ether oxygens (including phenoxy) is 1. The first-order valence-corrected chi connectivity index (χ1v) is 11.3. The van der Waals surface area contributed by atoms with E-state index in [1.807, 2.05) is 11.8 Å². The summed E-state index contributed by atoms with van der Waals surface area (Å²) >= 11 is 2.00. The SMILES string of the molecule is CCNC(=NCC(CC(C)C)N1CCOCC1)NC1CCC(SC)C1. The van der Waals surface area contributed by atoms with Crippen molar-refractivity contribution in [2.45, 2.75) is 63.8 Å². The van der Waals surface area contributed by atoms with Crippen molar-refractivity contribution in [2.24, 2.45) is 10.9 Å². The highest BCUT2D eigenvalue weighted by Gasteiger charge is 2.25. The van der Waals surface area contributed by atoms with Crippen LogP contribution in [0.15, 0.2) is 4.99 Å². The molecule has 0 radical (unpaired) electrons. The molecule has 0 amide bonds. The highest BCUT2D eigenvalue weighted by molar-refractivity contribution is 7.99. The van der Waals surface area contributed by atoms with Crippen molar-refractivity contribution in [3.05, 3.63) is 0 Å². The average Bonchev–Trinajstić information content (AvgIpc) is 3.06. The van der Waals surface area contributed by atoms with Crippen LogP contribution in [0.5, 0.6) is 0 Å².